The zero-order chi connectivity index (χ0) is 10.3. The van der Waals surface area contributed by atoms with Crippen LogP contribution < -0.4 is 0 Å². The second-order valence-corrected chi connectivity index (χ2v) is 2.79. The van der Waals surface area contributed by atoms with Crippen molar-refractivity contribution in [2.75, 3.05) is 19.8 Å². The highest BCUT2D eigenvalue weighted by molar-refractivity contribution is 5.94. The van der Waals surface area contributed by atoms with E-state index >= 15 is 0 Å². The Bertz CT molecular complexity index is 173. The molecule has 0 aliphatic heterocycles. The fraction of sp³-hybridized carbons (Fsp3) is 0.750. The molecule has 0 aromatic carbocycles. The van der Waals surface area contributed by atoms with Gasteiger partial charge in [0.15, 0.2) is 0 Å². The summed E-state index contributed by atoms with van der Waals surface area (Å²) in [6, 6.07) is 0. The fourth-order valence-corrected chi connectivity index (χ4v) is 0.628. The second-order valence-electron chi connectivity index (χ2n) is 2.79. The molecule has 0 saturated carbocycles. The molecule has 0 atom stereocenters. The molecule has 0 aliphatic carbocycles. The van der Waals surface area contributed by atoms with Crippen molar-refractivity contribution >= 4 is 11.8 Å². The van der Waals surface area contributed by atoms with Gasteiger partial charge in [0.1, 0.15) is 12.2 Å². The Morgan fingerprint density at radius 1 is 1.31 bits per heavy atom. The summed E-state index contributed by atoms with van der Waals surface area (Å²) in [5.74, 6) is -1.36. The van der Waals surface area contributed by atoms with Gasteiger partial charge in [-0.25, -0.2) is 0 Å². The predicted molar refractivity (Wildman–Crippen MR) is 43.9 cm³/mol. The molecule has 2 N–H and O–H groups in total. The van der Waals surface area contributed by atoms with Gasteiger partial charge in [-0.05, 0) is 6.92 Å². The highest BCUT2D eigenvalue weighted by Gasteiger charge is 2.11. The molecule has 0 aliphatic rings. The Kier molecular flexibility index (Phi) is 6.09. The molecule has 0 amide bonds. The van der Waals surface area contributed by atoms with Gasteiger partial charge in [-0.2, -0.15) is 0 Å². The summed E-state index contributed by atoms with van der Waals surface area (Å²) in [6.45, 7) is 0.740. The molecular weight excluding hydrogens is 176 g/mol. The van der Waals surface area contributed by atoms with Crippen molar-refractivity contribution in [2.45, 2.75) is 13.3 Å². The molecule has 0 bridgehead atoms. The minimum atomic E-state index is -0.626. The molecule has 0 saturated heterocycles. The first-order chi connectivity index (χ1) is 6.10. The number of rotatable bonds is 6. The van der Waals surface area contributed by atoms with Gasteiger partial charge in [0.05, 0.1) is 19.8 Å². The molecule has 76 valence electrons. The third-order valence-corrected chi connectivity index (χ3v) is 1.39. The largest absolute Gasteiger partial charge is 0.465 e. The van der Waals surface area contributed by atoms with Crippen LogP contribution >= 0.6 is 0 Å². The van der Waals surface area contributed by atoms with E-state index in [0.29, 0.717) is 0 Å². The number of hydrogen-bond donors (Lipinski definition) is 2. The molecule has 0 spiro atoms. The molecule has 0 heterocycles. The average molecular weight is 190 g/mol. The first kappa shape index (κ1) is 12.1. The molecular formula is C8H14O5. The van der Waals surface area contributed by atoms with Crippen LogP contribution in [0.2, 0.25) is 0 Å². The minimum absolute atomic E-state index is 0.0564. The first-order valence-corrected chi connectivity index (χ1v) is 3.97. The topological polar surface area (TPSA) is 83.8 Å². The number of carbonyl (C=O) groups excluding carboxylic acids is 2. The van der Waals surface area contributed by atoms with Crippen molar-refractivity contribution in [1.82, 2.24) is 0 Å². The first-order valence-electron chi connectivity index (χ1n) is 3.97. The summed E-state index contributed by atoms with van der Waals surface area (Å²) in [7, 11) is 0. The lowest BCUT2D eigenvalue weighted by molar-refractivity contribution is -0.147. The van der Waals surface area contributed by atoms with Crippen LogP contribution in [0.25, 0.3) is 0 Å². The van der Waals surface area contributed by atoms with Crippen molar-refractivity contribution in [1.29, 1.82) is 0 Å². The molecule has 0 rings (SSSR count). The Balaban J connectivity index is 3.62. The van der Waals surface area contributed by atoms with Crippen molar-refractivity contribution in [3.8, 4) is 0 Å². The SMILES string of the molecule is CC(=O)CC(=O)OCC(CO)CO. The maximum Gasteiger partial charge on any atom is 0.313 e. The van der Waals surface area contributed by atoms with Gasteiger partial charge >= 0.3 is 5.97 Å². The predicted octanol–water partition coefficient (Wildman–Crippen LogP) is -0.890. The maximum absolute atomic E-state index is 10.8. The molecule has 13 heavy (non-hydrogen) atoms. The molecule has 5 nitrogen and oxygen atoms in total. The Morgan fingerprint density at radius 2 is 1.85 bits per heavy atom. The Morgan fingerprint density at radius 3 is 2.23 bits per heavy atom. The van der Waals surface area contributed by atoms with E-state index in [1.165, 1.54) is 6.92 Å². The van der Waals surface area contributed by atoms with Gasteiger partial charge in [-0.3, -0.25) is 9.59 Å². The third kappa shape index (κ3) is 6.24. The van der Waals surface area contributed by atoms with E-state index < -0.39 is 11.9 Å². The number of aliphatic hydroxyl groups is 2. The molecule has 0 radical (unpaired) electrons. The van der Waals surface area contributed by atoms with Crippen LogP contribution in [0.4, 0.5) is 0 Å². The summed E-state index contributed by atoms with van der Waals surface area (Å²) in [5.41, 5.74) is 0. The van der Waals surface area contributed by atoms with Gasteiger partial charge in [-0.15, -0.1) is 0 Å². The molecule has 5 heteroatoms. The van der Waals surface area contributed by atoms with Crippen LogP contribution in [-0.2, 0) is 14.3 Å². The van der Waals surface area contributed by atoms with E-state index in [1.54, 1.807) is 0 Å². The summed E-state index contributed by atoms with van der Waals surface area (Å²) >= 11 is 0. The van der Waals surface area contributed by atoms with Crippen molar-refractivity contribution < 1.29 is 24.5 Å². The number of esters is 1. The van der Waals surface area contributed by atoms with E-state index in [9.17, 15) is 9.59 Å². The Labute approximate surface area is 76.3 Å². The van der Waals surface area contributed by atoms with Crippen LogP contribution in [-0.4, -0.2) is 41.8 Å². The van der Waals surface area contributed by atoms with Crippen molar-refractivity contribution in [2.24, 2.45) is 5.92 Å². The summed E-state index contributed by atoms with van der Waals surface area (Å²) in [6.07, 6.45) is -0.260. The molecule has 0 unspecified atom stereocenters. The molecule has 0 fully saturated rings. The summed E-state index contributed by atoms with van der Waals surface area (Å²) in [4.78, 5) is 21.2. The lowest BCUT2D eigenvalue weighted by Crippen LogP contribution is -2.21. The van der Waals surface area contributed by atoms with Crippen molar-refractivity contribution in [3.05, 3.63) is 0 Å². The van der Waals surface area contributed by atoms with E-state index in [1.807, 2.05) is 0 Å². The van der Waals surface area contributed by atoms with Gasteiger partial charge in [0.25, 0.3) is 0 Å². The van der Waals surface area contributed by atoms with Crippen LogP contribution in [0, 0.1) is 5.92 Å². The van der Waals surface area contributed by atoms with Gasteiger partial charge in [0, 0.05) is 5.92 Å². The van der Waals surface area contributed by atoms with Crippen molar-refractivity contribution in [3.63, 3.8) is 0 Å². The van der Waals surface area contributed by atoms with E-state index in [0.717, 1.165) is 0 Å². The standard InChI is InChI=1S/C8H14O5/c1-6(11)2-8(12)13-5-7(3-9)4-10/h7,9-10H,2-5H2,1H3. The number of Topliss-reactive ketones (excluding diaryl/α,β-unsaturated/α-hetero) is 1. The average Bonchev–Trinajstić information content (AvgIpc) is 2.05. The second kappa shape index (κ2) is 6.56. The quantitative estimate of drug-likeness (QED) is 0.419. The lowest BCUT2D eigenvalue weighted by Gasteiger charge is -2.10. The number of hydrogen-bond acceptors (Lipinski definition) is 5. The zero-order valence-corrected chi connectivity index (χ0v) is 7.52. The lowest BCUT2D eigenvalue weighted by atomic mass is 10.2. The van der Waals surface area contributed by atoms with Gasteiger partial charge < -0.3 is 14.9 Å². The number of carbonyl (C=O) groups is 2. The maximum atomic E-state index is 10.8. The highest BCUT2D eigenvalue weighted by atomic mass is 16.5. The van der Waals surface area contributed by atoms with Crippen LogP contribution in [0.1, 0.15) is 13.3 Å². The zero-order valence-electron chi connectivity index (χ0n) is 7.52. The molecule has 0 aromatic rings. The third-order valence-electron chi connectivity index (χ3n) is 1.39. The number of ketones is 1. The fourth-order valence-electron chi connectivity index (χ4n) is 0.628. The Hall–Kier alpha value is -0.940. The highest BCUT2D eigenvalue weighted by Crippen LogP contribution is 1.96. The number of aliphatic hydroxyl groups excluding tert-OH is 2. The number of ether oxygens (including phenoxy) is 1. The van der Waals surface area contributed by atoms with Gasteiger partial charge in [0.2, 0.25) is 0 Å². The van der Waals surface area contributed by atoms with Gasteiger partial charge in [-0.1, -0.05) is 0 Å². The summed E-state index contributed by atoms with van der Waals surface area (Å²) < 4.78 is 4.62. The van der Waals surface area contributed by atoms with E-state index in [-0.39, 0.29) is 32.0 Å². The minimum Gasteiger partial charge on any atom is -0.465 e. The van der Waals surface area contributed by atoms with E-state index in [2.05, 4.69) is 4.74 Å². The van der Waals surface area contributed by atoms with E-state index in [4.69, 9.17) is 10.2 Å². The van der Waals surface area contributed by atoms with Crippen LogP contribution in [0.15, 0.2) is 0 Å². The monoisotopic (exact) mass is 190 g/mol. The normalized spacial score (nSPS) is 10.2. The smallest absolute Gasteiger partial charge is 0.313 e. The van der Waals surface area contributed by atoms with Crippen LogP contribution in [0.3, 0.4) is 0 Å². The van der Waals surface area contributed by atoms with Crippen LogP contribution in [0.5, 0.6) is 0 Å². The summed E-state index contributed by atoms with van der Waals surface area (Å²) in [5, 5.41) is 17.2. The molecule has 0 aromatic heterocycles.